The topological polar surface area (TPSA) is 114 Å². The van der Waals surface area contributed by atoms with Crippen LogP contribution in [-0.2, 0) is 26.1 Å². The molecule has 2 aromatic carbocycles. The van der Waals surface area contributed by atoms with Crippen molar-refractivity contribution in [3.05, 3.63) is 59.4 Å². The monoisotopic (exact) mass is 464 g/mol. The van der Waals surface area contributed by atoms with E-state index in [0.29, 0.717) is 23.4 Å². The number of benzene rings is 2. The highest BCUT2D eigenvalue weighted by molar-refractivity contribution is 7.92. The minimum absolute atomic E-state index is 0.0464. The Morgan fingerprint density at radius 3 is 2.75 bits per heavy atom. The van der Waals surface area contributed by atoms with Crippen LogP contribution in [0.5, 0.6) is 5.75 Å². The molecule has 1 amide bonds. The molecule has 2 heterocycles. The first-order valence-corrected chi connectivity index (χ1v) is 12.2. The first-order valence-electron chi connectivity index (χ1n) is 10.3. The number of carbonyl (C=O) groups is 1. The molecule has 3 N–H and O–H groups in total. The van der Waals surface area contributed by atoms with E-state index in [2.05, 4.69) is 10.0 Å². The molecule has 4 rings (SSSR count). The average molecular weight is 465 g/mol. The highest BCUT2D eigenvalue weighted by Gasteiger charge is 2.46. The van der Waals surface area contributed by atoms with E-state index < -0.39 is 28.3 Å². The van der Waals surface area contributed by atoms with Crippen LogP contribution in [-0.4, -0.2) is 50.6 Å². The highest BCUT2D eigenvalue weighted by atomic mass is 32.2. The van der Waals surface area contributed by atoms with Gasteiger partial charge in [-0.3, -0.25) is 9.52 Å². The number of hydrogen-bond donors (Lipinski definition) is 3. The third-order valence-corrected chi connectivity index (χ3v) is 6.26. The summed E-state index contributed by atoms with van der Waals surface area (Å²) >= 11 is 0. The summed E-state index contributed by atoms with van der Waals surface area (Å²) in [6, 6.07) is 11.2. The zero-order chi connectivity index (χ0) is 22.9. The predicted octanol–water partition coefficient (Wildman–Crippen LogP) is 1.90. The van der Waals surface area contributed by atoms with Crippen molar-refractivity contribution in [1.29, 1.82) is 0 Å². The minimum Gasteiger partial charge on any atom is -0.487 e. The summed E-state index contributed by atoms with van der Waals surface area (Å²) in [5.41, 5.74) is 1.62. The average Bonchev–Trinajstić information content (AvgIpc) is 3.09. The summed E-state index contributed by atoms with van der Waals surface area (Å²) in [6.07, 6.45) is 0.0493. The molecule has 10 heteroatoms. The standard InChI is InChI=1S/C22H25FN2O6S/c1-32(28,29)25-14-6-7-19-16(8-14)17-9-15(30-20(12-26)22(17)31-19)10-21(27)24-11-13-4-2-3-5-18(13)23/h2-8,15,17,20,22,25-26H,9-12H2,1H3,(H,24,27)/t15-,17-,20-,22+/m0/s1. The van der Waals surface area contributed by atoms with Crippen molar-refractivity contribution in [1.82, 2.24) is 5.32 Å². The Kier molecular flexibility index (Phi) is 6.36. The van der Waals surface area contributed by atoms with Crippen LogP contribution in [0.1, 0.15) is 29.9 Å². The summed E-state index contributed by atoms with van der Waals surface area (Å²) in [6.45, 7) is -0.211. The third kappa shape index (κ3) is 5.03. The van der Waals surface area contributed by atoms with Crippen LogP contribution < -0.4 is 14.8 Å². The lowest BCUT2D eigenvalue weighted by atomic mass is 9.84. The van der Waals surface area contributed by atoms with Gasteiger partial charge in [0.05, 0.1) is 25.4 Å². The van der Waals surface area contributed by atoms with Gasteiger partial charge in [0.2, 0.25) is 15.9 Å². The number of halogens is 1. The molecule has 0 aromatic heterocycles. The number of anilines is 1. The summed E-state index contributed by atoms with van der Waals surface area (Å²) in [7, 11) is -3.43. The second-order valence-electron chi connectivity index (χ2n) is 8.10. The number of amides is 1. The summed E-state index contributed by atoms with van der Waals surface area (Å²) in [4.78, 5) is 12.5. The number of hydrogen-bond acceptors (Lipinski definition) is 6. The van der Waals surface area contributed by atoms with Crippen molar-refractivity contribution in [3.8, 4) is 5.75 Å². The first-order chi connectivity index (χ1) is 15.2. The van der Waals surface area contributed by atoms with Gasteiger partial charge in [0.25, 0.3) is 0 Å². The molecule has 2 aromatic rings. The van der Waals surface area contributed by atoms with Gasteiger partial charge in [-0.1, -0.05) is 18.2 Å². The smallest absolute Gasteiger partial charge is 0.229 e. The van der Waals surface area contributed by atoms with Gasteiger partial charge < -0.3 is 19.9 Å². The number of rotatable bonds is 7. The van der Waals surface area contributed by atoms with E-state index in [1.54, 1.807) is 36.4 Å². The van der Waals surface area contributed by atoms with E-state index in [1.165, 1.54) is 6.07 Å². The largest absolute Gasteiger partial charge is 0.487 e. The van der Waals surface area contributed by atoms with Crippen molar-refractivity contribution >= 4 is 21.6 Å². The van der Waals surface area contributed by atoms with E-state index in [9.17, 15) is 22.7 Å². The van der Waals surface area contributed by atoms with Gasteiger partial charge >= 0.3 is 0 Å². The Balaban J connectivity index is 1.45. The number of aliphatic hydroxyl groups is 1. The van der Waals surface area contributed by atoms with Crippen molar-refractivity contribution in [2.24, 2.45) is 0 Å². The molecule has 1 saturated heterocycles. The van der Waals surface area contributed by atoms with E-state index in [-0.39, 0.29) is 37.2 Å². The van der Waals surface area contributed by atoms with Crippen LogP contribution in [0.25, 0.3) is 0 Å². The van der Waals surface area contributed by atoms with Crippen LogP contribution in [0, 0.1) is 5.82 Å². The second-order valence-corrected chi connectivity index (χ2v) is 9.85. The van der Waals surface area contributed by atoms with E-state index in [0.717, 1.165) is 11.8 Å². The van der Waals surface area contributed by atoms with Crippen molar-refractivity contribution in [3.63, 3.8) is 0 Å². The molecule has 0 bridgehead atoms. The fraction of sp³-hybridized carbons (Fsp3) is 0.409. The second kappa shape index (κ2) is 9.05. The van der Waals surface area contributed by atoms with Crippen LogP contribution in [0.15, 0.2) is 42.5 Å². The van der Waals surface area contributed by atoms with Crippen molar-refractivity contribution < 1.29 is 32.2 Å². The Labute approximate surface area is 185 Å². The van der Waals surface area contributed by atoms with Gasteiger partial charge in [-0.25, -0.2) is 12.8 Å². The third-order valence-electron chi connectivity index (χ3n) is 5.65. The number of nitrogens with one attached hydrogen (secondary N) is 2. The molecule has 8 nitrogen and oxygen atoms in total. The molecule has 172 valence electrons. The fourth-order valence-corrected chi connectivity index (χ4v) is 4.84. The molecule has 0 radical (unpaired) electrons. The molecule has 4 atom stereocenters. The molecular formula is C22H25FN2O6S. The van der Waals surface area contributed by atoms with E-state index in [4.69, 9.17) is 9.47 Å². The molecule has 0 unspecified atom stereocenters. The molecule has 2 aliphatic rings. The maximum absolute atomic E-state index is 13.8. The summed E-state index contributed by atoms with van der Waals surface area (Å²) < 4.78 is 51.2. The lowest BCUT2D eigenvalue weighted by Crippen LogP contribution is -2.47. The molecule has 0 saturated carbocycles. The van der Waals surface area contributed by atoms with Crippen LogP contribution in [0.3, 0.4) is 0 Å². The minimum atomic E-state index is -3.43. The lowest BCUT2D eigenvalue weighted by molar-refractivity contribution is -0.142. The molecule has 0 spiro atoms. The zero-order valence-corrected chi connectivity index (χ0v) is 18.3. The van der Waals surface area contributed by atoms with Gasteiger partial charge in [0.15, 0.2) is 0 Å². The number of fused-ring (bicyclic) bond motifs is 3. The quantitative estimate of drug-likeness (QED) is 0.577. The molecule has 1 fully saturated rings. The molecular weight excluding hydrogens is 439 g/mol. The first kappa shape index (κ1) is 22.5. The van der Waals surface area contributed by atoms with Gasteiger partial charge in [-0.2, -0.15) is 0 Å². The van der Waals surface area contributed by atoms with Gasteiger partial charge in [-0.05, 0) is 30.7 Å². The number of sulfonamides is 1. The Morgan fingerprint density at radius 1 is 1.25 bits per heavy atom. The van der Waals surface area contributed by atoms with Crippen LogP contribution in [0.4, 0.5) is 10.1 Å². The Morgan fingerprint density at radius 2 is 2.03 bits per heavy atom. The van der Waals surface area contributed by atoms with Crippen molar-refractivity contribution in [2.75, 3.05) is 17.6 Å². The molecule has 32 heavy (non-hydrogen) atoms. The predicted molar refractivity (Wildman–Crippen MR) is 115 cm³/mol. The summed E-state index contributed by atoms with van der Waals surface area (Å²) in [5.74, 6) is -0.240. The molecule has 2 aliphatic heterocycles. The van der Waals surface area contributed by atoms with E-state index >= 15 is 0 Å². The lowest BCUT2D eigenvalue weighted by Gasteiger charge is -2.37. The Bertz CT molecular complexity index is 1110. The van der Waals surface area contributed by atoms with Crippen LogP contribution >= 0.6 is 0 Å². The van der Waals surface area contributed by atoms with Gasteiger partial charge in [0, 0.05) is 29.3 Å². The number of carbonyl (C=O) groups excluding carboxylic acids is 1. The van der Waals surface area contributed by atoms with Gasteiger partial charge in [0.1, 0.15) is 23.8 Å². The van der Waals surface area contributed by atoms with Crippen LogP contribution in [0.2, 0.25) is 0 Å². The normalized spacial score (nSPS) is 24.2. The Hall–Kier alpha value is -2.69. The summed E-state index contributed by atoms with van der Waals surface area (Å²) in [5, 5.41) is 12.5. The molecule has 0 aliphatic carbocycles. The van der Waals surface area contributed by atoms with Crippen molar-refractivity contribution in [2.45, 2.75) is 43.6 Å². The SMILES string of the molecule is CS(=O)(=O)Nc1ccc2c(c1)[C@@H]1C[C@@H](CC(=O)NCc3ccccc3F)O[C@@H](CO)[C@@H]1O2. The number of aliphatic hydroxyl groups excluding tert-OH is 1. The van der Waals surface area contributed by atoms with Gasteiger partial charge in [-0.15, -0.1) is 0 Å². The maximum Gasteiger partial charge on any atom is 0.229 e. The fourth-order valence-electron chi connectivity index (χ4n) is 4.28. The van der Waals surface area contributed by atoms with E-state index in [1.807, 2.05) is 0 Å². The number of ether oxygens (including phenoxy) is 2. The zero-order valence-electron chi connectivity index (χ0n) is 17.5. The maximum atomic E-state index is 13.8. The highest BCUT2D eigenvalue weighted by Crippen LogP contribution is 2.47.